The van der Waals surface area contributed by atoms with E-state index in [0.29, 0.717) is 12.1 Å². The van der Waals surface area contributed by atoms with E-state index in [1.54, 1.807) is 6.92 Å². The molecule has 0 saturated carbocycles. The molecule has 0 aliphatic heterocycles. The number of benzene rings is 1. The molecule has 2 N–H and O–H groups in total. The average Bonchev–Trinajstić information content (AvgIpc) is 2.35. The van der Waals surface area contributed by atoms with Crippen LogP contribution in [0.4, 0.5) is 13.2 Å². The molecule has 1 unspecified atom stereocenters. The van der Waals surface area contributed by atoms with Crippen molar-refractivity contribution >= 4 is 34.0 Å². The van der Waals surface area contributed by atoms with Crippen molar-refractivity contribution < 1.29 is 21.6 Å². The Labute approximate surface area is 132 Å². The van der Waals surface area contributed by atoms with Gasteiger partial charge in [0.1, 0.15) is 4.90 Å². The number of hydrogen-bond donors (Lipinski definition) is 1. The molecule has 0 fully saturated rings. The largest absolute Gasteiger partial charge is 0.416 e. The Balaban J connectivity index is 0.00000400. The van der Waals surface area contributed by atoms with Crippen molar-refractivity contribution in [3.05, 3.63) is 28.8 Å². The quantitative estimate of drug-likeness (QED) is 0.890. The number of likely N-dealkylation sites (N-methyl/N-ethyl adjacent to an activating group) is 1. The minimum atomic E-state index is -4.58. The number of sulfonamides is 1. The normalized spacial score (nSPS) is 13.9. The predicted molar refractivity (Wildman–Crippen MR) is 77.2 cm³/mol. The zero-order chi connectivity index (χ0) is 15.7. The highest BCUT2D eigenvalue weighted by Gasteiger charge is 2.33. The Hall–Kier alpha value is -0.540. The molecule has 0 amide bonds. The monoisotopic (exact) mass is 366 g/mol. The van der Waals surface area contributed by atoms with Gasteiger partial charge in [0.15, 0.2) is 0 Å². The topological polar surface area (TPSA) is 63.4 Å². The van der Waals surface area contributed by atoms with E-state index in [4.69, 9.17) is 17.3 Å². The summed E-state index contributed by atoms with van der Waals surface area (Å²) in [5.41, 5.74) is 4.38. The van der Waals surface area contributed by atoms with Crippen molar-refractivity contribution in [1.82, 2.24) is 4.31 Å². The molecule has 0 saturated heterocycles. The third-order valence-electron chi connectivity index (χ3n) is 2.88. The smallest absolute Gasteiger partial charge is 0.329 e. The van der Waals surface area contributed by atoms with E-state index in [-0.39, 0.29) is 23.8 Å². The molecule has 122 valence electrons. The zero-order valence-electron chi connectivity index (χ0n) is 11.2. The molecule has 0 radical (unpaired) electrons. The Kier molecular flexibility index (Phi) is 6.96. The first kappa shape index (κ1) is 20.5. The van der Waals surface area contributed by atoms with Gasteiger partial charge in [-0.2, -0.15) is 17.5 Å². The van der Waals surface area contributed by atoms with Crippen LogP contribution >= 0.6 is 24.0 Å². The average molecular weight is 367 g/mol. The molecule has 0 aliphatic rings. The van der Waals surface area contributed by atoms with Gasteiger partial charge in [-0.1, -0.05) is 11.6 Å². The Morgan fingerprint density at radius 3 is 2.29 bits per heavy atom. The molecule has 0 aliphatic carbocycles. The minimum absolute atomic E-state index is 0. The van der Waals surface area contributed by atoms with Crippen molar-refractivity contribution in [2.24, 2.45) is 5.73 Å². The first-order valence-corrected chi connectivity index (χ1v) is 7.38. The zero-order valence-corrected chi connectivity index (χ0v) is 13.6. The lowest BCUT2D eigenvalue weighted by Gasteiger charge is -2.23. The summed E-state index contributed by atoms with van der Waals surface area (Å²) in [4.78, 5) is -0.380. The number of alkyl halides is 3. The second kappa shape index (κ2) is 7.15. The first-order chi connectivity index (χ1) is 9.01. The summed E-state index contributed by atoms with van der Waals surface area (Å²) in [5.74, 6) is 0. The van der Waals surface area contributed by atoms with Crippen LogP contribution in [-0.4, -0.2) is 32.4 Å². The minimum Gasteiger partial charge on any atom is -0.329 e. The lowest BCUT2D eigenvalue weighted by Crippen LogP contribution is -2.39. The Morgan fingerprint density at radius 2 is 1.90 bits per heavy atom. The Morgan fingerprint density at radius 1 is 1.38 bits per heavy atom. The lowest BCUT2D eigenvalue weighted by atomic mass is 10.2. The maximum absolute atomic E-state index is 12.5. The van der Waals surface area contributed by atoms with Crippen molar-refractivity contribution in [2.75, 3.05) is 13.6 Å². The number of nitrogens with two attached hydrogens (primary N) is 1. The van der Waals surface area contributed by atoms with E-state index in [2.05, 4.69) is 0 Å². The molecule has 1 rings (SSSR count). The van der Waals surface area contributed by atoms with Crippen LogP contribution in [0.5, 0.6) is 0 Å². The van der Waals surface area contributed by atoms with Crippen LogP contribution in [0.3, 0.4) is 0 Å². The summed E-state index contributed by atoms with van der Waals surface area (Å²) in [5, 5.41) is -0.476. The van der Waals surface area contributed by atoms with Gasteiger partial charge in [-0.25, -0.2) is 8.42 Å². The van der Waals surface area contributed by atoms with Crippen molar-refractivity contribution in [3.63, 3.8) is 0 Å². The fourth-order valence-corrected chi connectivity index (χ4v) is 3.32. The molecule has 0 aromatic heterocycles. The molecule has 21 heavy (non-hydrogen) atoms. The third-order valence-corrected chi connectivity index (χ3v) is 5.33. The van der Waals surface area contributed by atoms with E-state index in [1.165, 1.54) is 7.05 Å². The van der Waals surface area contributed by atoms with Gasteiger partial charge < -0.3 is 5.73 Å². The van der Waals surface area contributed by atoms with Crippen LogP contribution < -0.4 is 5.73 Å². The molecular formula is C11H15Cl2F3N2O2S. The molecular weight excluding hydrogens is 352 g/mol. The predicted octanol–water partition coefficient (Wildman–Crippen LogP) is 2.75. The van der Waals surface area contributed by atoms with E-state index >= 15 is 0 Å². The number of halogens is 5. The van der Waals surface area contributed by atoms with Gasteiger partial charge in [0.25, 0.3) is 0 Å². The van der Waals surface area contributed by atoms with E-state index in [9.17, 15) is 21.6 Å². The van der Waals surface area contributed by atoms with Gasteiger partial charge in [-0.05, 0) is 25.1 Å². The second-order valence-electron chi connectivity index (χ2n) is 4.25. The van der Waals surface area contributed by atoms with Crippen molar-refractivity contribution in [3.8, 4) is 0 Å². The summed E-state index contributed by atoms with van der Waals surface area (Å²) in [7, 11) is -2.70. The summed E-state index contributed by atoms with van der Waals surface area (Å²) < 4.78 is 62.9. The van der Waals surface area contributed by atoms with Gasteiger partial charge in [0.05, 0.1) is 10.6 Å². The number of nitrogens with zero attached hydrogens (tertiary/aromatic N) is 1. The van der Waals surface area contributed by atoms with Crippen molar-refractivity contribution in [1.29, 1.82) is 0 Å². The summed E-state index contributed by atoms with van der Waals surface area (Å²) >= 11 is 5.67. The molecule has 0 spiro atoms. The van der Waals surface area contributed by atoms with Crippen LogP contribution in [0.1, 0.15) is 12.5 Å². The van der Waals surface area contributed by atoms with E-state index < -0.39 is 32.8 Å². The van der Waals surface area contributed by atoms with Gasteiger partial charge in [0, 0.05) is 19.6 Å². The molecule has 1 aromatic carbocycles. The molecule has 4 nitrogen and oxygen atoms in total. The highest BCUT2D eigenvalue weighted by atomic mass is 35.5. The molecule has 10 heteroatoms. The van der Waals surface area contributed by atoms with E-state index in [0.717, 1.165) is 10.4 Å². The lowest BCUT2D eigenvalue weighted by molar-refractivity contribution is -0.137. The number of rotatable bonds is 4. The Bertz CT molecular complexity index is 594. The molecule has 1 aromatic rings. The summed E-state index contributed by atoms with van der Waals surface area (Å²) in [6.45, 7) is 1.66. The first-order valence-electron chi connectivity index (χ1n) is 5.56. The van der Waals surface area contributed by atoms with Crippen LogP contribution in [0.15, 0.2) is 23.1 Å². The molecule has 0 bridgehead atoms. The van der Waals surface area contributed by atoms with Crippen LogP contribution in [-0.2, 0) is 16.2 Å². The van der Waals surface area contributed by atoms with Gasteiger partial charge in [-0.3, -0.25) is 0 Å². The van der Waals surface area contributed by atoms with Crippen LogP contribution in [0, 0.1) is 0 Å². The highest BCUT2D eigenvalue weighted by molar-refractivity contribution is 7.89. The number of hydrogen-bond acceptors (Lipinski definition) is 3. The summed E-state index contributed by atoms with van der Waals surface area (Å²) in [6, 6.07) is 1.62. The highest BCUT2D eigenvalue weighted by Crippen LogP contribution is 2.34. The SMILES string of the molecule is CC(CN)N(C)S(=O)(=O)c1ccc(C(F)(F)F)cc1Cl.Cl. The summed E-state index contributed by atoms with van der Waals surface area (Å²) in [6.07, 6.45) is -4.58. The maximum Gasteiger partial charge on any atom is 0.416 e. The maximum atomic E-state index is 12.5. The standard InChI is InChI=1S/C11H14ClF3N2O2S.ClH/c1-7(6-16)17(2)20(18,19)10-4-3-8(5-9(10)12)11(13,14)15;/h3-5,7H,6,16H2,1-2H3;1H. The second-order valence-corrected chi connectivity index (χ2v) is 6.62. The van der Waals surface area contributed by atoms with Crippen LogP contribution in [0.25, 0.3) is 0 Å². The van der Waals surface area contributed by atoms with Gasteiger partial charge in [-0.15, -0.1) is 12.4 Å². The fraction of sp³-hybridized carbons (Fsp3) is 0.455. The van der Waals surface area contributed by atoms with Gasteiger partial charge in [0.2, 0.25) is 10.0 Å². The van der Waals surface area contributed by atoms with Crippen LogP contribution in [0.2, 0.25) is 5.02 Å². The van der Waals surface area contributed by atoms with Crippen molar-refractivity contribution in [2.45, 2.75) is 24.0 Å². The fourth-order valence-electron chi connectivity index (χ4n) is 1.43. The van der Waals surface area contributed by atoms with E-state index in [1.807, 2.05) is 0 Å². The molecule has 1 atom stereocenters. The molecule has 0 heterocycles. The third kappa shape index (κ3) is 4.46. The van der Waals surface area contributed by atoms with Gasteiger partial charge >= 0.3 is 6.18 Å².